The first-order chi connectivity index (χ1) is 8.99. The van der Waals surface area contributed by atoms with Gasteiger partial charge in [0, 0.05) is 29.7 Å². The molecule has 1 rings (SSSR count). The summed E-state index contributed by atoms with van der Waals surface area (Å²) in [6.07, 6.45) is 0. The number of carbonyl (C=O) groups is 1. The normalized spacial score (nSPS) is 10.4. The number of nitro groups is 1. The van der Waals surface area contributed by atoms with Crippen molar-refractivity contribution < 1.29 is 14.5 Å². The lowest BCUT2D eigenvalue weighted by Gasteiger charge is -2.06. The molecule has 1 amide bonds. The van der Waals surface area contributed by atoms with Crippen molar-refractivity contribution in [3.63, 3.8) is 0 Å². The molecule has 0 saturated heterocycles. The number of ether oxygens (including phenoxy) is 1. The van der Waals surface area contributed by atoms with E-state index < -0.39 is 10.8 Å². The zero-order valence-corrected chi connectivity index (χ0v) is 11.7. The molecule has 0 saturated carbocycles. The topological polar surface area (TPSA) is 107 Å². The van der Waals surface area contributed by atoms with Gasteiger partial charge in [0.15, 0.2) is 0 Å². The number of non-ortho nitro benzene ring substituents is 1. The highest BCUT2D eigenvalue weighted by atomic mass is 79.9. The van der Waals surface area contributed by atoms with Gasteiger partial charge in [-0.1, -0.05) is 15.9 Å². The fraction of sp³-hybridized carbons (Fsp3) is 0.364. The minimum absolute atomic E-state index is 0.0381. The molecular formula is C11H14BrN3O4. The second-order valence-corrected chi connectivity index (χ2v) is 4.69. The van der Waals surface area contributed by atoms with Crippen molar-refractivity contribution in [1.82, 2.24) is 5.32 Å². The Hall–Kier alpha value is -1.51. The smallest absolute Gasteiger partial charge is 0.270 e. The van der Waals surface area contributed by atoms with E-state index in [1.807, 2.05) is 0 Å². The van der Waals surface area contributed by atoms with Crippen LogP contribution in [-0.2, 0) is 16.1 Å². The minimum atomic E-state index is -0.511. The largest absolute Gasteiger partial charge is 0.370 e. The van der Waals surface area contributed by atoms with Gasteiger partial charge in [-0.25, -0.2) is 0 Å². The molecule has 0 aromatic heterocycles. The molecule has 3 N–H and O–H groups in total. The molecular weight excluding hydrogens is 318 g/mol. The molecule has 19 heavy (non-hydrogen) atoms. The Balaban J connectivity index is 2.37. The number of nitro benzene ring substituents is 1. The monoisotopic (exact) mass is 331 g/mol. The molecule has 0 heterocycles. The van der Waals surface area contributed by atoms with Gasteiger partial charge < -0.3 is 15.8 Å². The number of nitrogens with one attached hydrogen (secondary N) is 1. The first-order valence-corrected chi connectivity index (χ1v) is 6.29. The summed E-state index contributed by atoms with van der Waals surface area (Å²) < 4.78 is 5.62. The van der Waals surface area contributed by atoms with Crippen molar-refractivity contribution in [2.45, 2.75) is 6.54 Å². The number of nitrogens with zero attached hydrogens (tertiary/aromatic N) is 1. The third-order valence-corrected chi connectivity index (χ3v) is 2.61. The average molecular weight is 332 g/mol. The highest BCUT2D eigenvalue weighted by molar-refractivity contribution is 9.10. The minimum Gasteiger partial charge on any atom is -0.370 e. The highest BCUT2D eigenvalue weighted by Crippen LogP contribution is 2.21. The molecule has 0 aliphatic rings. The summed E-state index contributed by atoms with van der Waals surface area (Å²) in [6.45, 7) is 1.23. The van der Waals surface area contributed by atoms with Crippen molar-refractivity contribution >= 4 is 27.5 Å². The van der Waals surface area contributed by atoms with E-state index in [0.29, 0.717) is 24.2 Å². The van der Waals surface area contributed by atoms with Gasteiger partial charge in [0.05, 0.1) is 11.5 Å². The summed E-state index contributed by atoms with van der Waals surface area (Å²) in [5.41, 5.74) is 5.73. The predicted molar refractivity (Wildman–Crippen MR) is 72.5 cm³/mol. The number of amides is 1. The van der Waals surface area contributed by atoms with Crippen LogP contribution in [-0.4, -0.2) is 30.6 Å². The van der Waals surface area contributed by atoms with E-state index in [2.05, 4.69) is 21.2 Å². The van der Waals surface area contributed by atoms with Gasteiger partial charge in [-0.05, 0) is 11.6 Å². The number of hydrogen-bond donors (Lipinski definition) is 2. The fourth-order valence-electron chi connectivity index (χ4n) is 1.39. The van der Waals surface area contributed by atoms with E-state index >= 15 is 0 Å². The number of primary amides is 1. The van der Waals surface area contributed by atoms with E-state index in [4.69, 9.17) is 10.5 Å². The molecule has 0 radical (unpaired) electrons. The molecule has 104 valence electrons. The van der Waals surface area contributed by atoms with Crippen LogP contribution < -0.4 is 11.1 Å². The van der Waals surface area contributed by atoms with Gasteiger partial charge in [-0.3, -0.25) is 14.9 Å². The molecule has 1 aromatic carbocycles. The average Bonchev–Trinajstić information content (AvgIpc) is 2.32. The standard InChI is InChI=1S/C11H14BrN3O4/c12-9-3-8(4-10(5-9)15(17)18)6-14-1-2-19-7-11(13)16/h3-5,14H,1-2,6-7H2,(H2,13,16). The molecule has 0 fully saturated rings. The van der Waals surface area contributed by atoms with Crippen molar-refractivity contribution in [2.24, 2.45) is 5.73 Å². The maximum absolute atomic E-state index is 10.7. The van der Waals surface area contributed by atoms with E-state index in [1.54, 1.807) is 6.07 Å². The molecule has 0 spiro atoms. The van der Waals surface area contributed by atoms with Crippen molar-refractivity contribution in [1.29, 1.82) is 0 Å². The van der Waals surface area contributed by atoms with Gasteiger partial charge >= 0.3 is 0 Å². The van der Waals surface area contributed by atoms with E-state index in [9.17, 15) is 14.9 Å². The predicted octanol–water partition coefficient (Wildman–Crippen LogP) is 0.949. The summed E-state index contributed by atoms with van der Waals surface area (Å²) >= 11 is 3.22. The number of carbonyl (C=O) groups excluding carboxylic acids is 1. The zero-order chi connectivity index (χ0) is 14.3. The van der Waals surface area contributed by atoms with Gasteiger partial charge in [0.1, 0.15) is 6.61 Å². The van der Waals surface area contributed by atoms with Crippen LogP contribution in [0.15, 0.2) is 22.7 Å². The Morgan fingerprint density at radius 1 is 1.47 bits per heavy atom. The van der Waals surface area contributed by atoms with Crippen LogP contribution in [0.3, 0.4) is 0 Å². The summed E-state index contributed by atoms with van der Waals surface area (Å²) in [5, 5.41) is 13.7. The van der Waals surface area contributed by atoms with Crippen LogP contribution in [0.4, 0.5) is 5.69 Å². The maximum atomic E-state index is 10.7. The van der Waals surface area contributed by atoms with E-state index in [-0.39, 0.29) is 12.3 Å². The molecule has 7 nitrogen and oxygen atoms in total. The number of benzene rings is 1. The first-order valence-electron chi connectivity index (χ1n) is 5.49. The quantitative estimate of drug-likeness (QED) is 0.419. The molecule has 0 aliphatic carbocycles. The summed E-state index contributed by atoms with van der Waals surface area (Å²) in [5.74, 6) is -0.511. The Bertz CT molecular complexity index is 467. The number of halogens is 1. The maximum Gasteiger partial charge on any atom is 0.270 e. The van der Waals surface area contributed by atoms with Gasteiger partial charge in [-0.15, -0.1) is 0 Å². The van der Waals surface area contributed by atoms with Crippen LogP contribution in [0.5, 0.6) is 0 Å². The lowest BCUT2D eigenvalue weighted by Crippen LogP contribution is -2.23. The van der Waals surface area contributed by atoms with E-state index in [1.165, 1.54) is 12.1 Å². The SMILES string of the molecule is NC(=O)COCCNCc1cc(Br)cc([N+](=O)[O-])c1. The van der Waals surface area contributed by atoms with Gasteiger partial charge in [0.2, 0.25) is 5.91 Å². The molecule has 8 heteroatoms. The third-order valence-electron chi connectivity index (χ3n) is 2.15. The third kappa shape index (κ3) is 6.27. The lowest BCUT2D eigenvalue weighted by atomic mass is 10.2. The Morgan fingerprint density at radius 2 is 2.21 bits per heavy atom. The number of rotatable bonds is 8. The first kappa shape index (κ1) is 15.5. The number of nitrogens with two attached hydrogens (primary N) is 1. The summed E-state index contributed by atoms with van der Waals surface area (Å²) in [4.78, 5) is 20.6. The van der Waals surface area contributed by atoms with Gasteiger partial charge in [-0.2, -0.15) is 0 Å². The van der Waals surface area contributed by atoms with Crippen LogP contribution in [0.1, 0.15) is 5.56 Å². The number of hydrogen-bond acceptors (Lipinski definition) is 5. The van der Waals surface area contributed by atoms with Crippen molar-refractivity contribution in [3.05, 3.63) is 38.3 Å². The van der Waals surface area contributed by atoms with E-state index in [0.717, 1.165) is 5.56 Å². The Morgan fingerprint density at radius 3 is 2.84 bits per heavy atom. The van der Waals surface area contributed by atoms with Crippen LogP contribution in [0.25, 0.3) is 0 Å². The lowest BCUT2D eigenvalue weighted by molar-refractivity contribution is -0.385. The second-order valence-electron chi connectivity index (χ2n) is 3.77. The molecule has 0 atom stereocenters. The van der Waals surface area contributed by atoms with Crippen LogP contribution in [0.2, 0.25) is 0 Å². The van der Waals surface area contributed by atoms with Crippen LogP contribution >= 0.6 is 15.9 Å². The molecule has 0 unspecified atom stereocenters. The zero-order valence-electron chi connectivity index (χ0n) is 10.1. The summed E-state index contributed by atoms with van der Waals surface area (Å²) in [7, 11) is 0. The summed E-state index contributed by atoms with van der Waals surface area (Å²) in [6, 6.07) is 4.74. The van der Waals surface area contributed by atoms with Crippen molar-refractivity contribution in [3.8, 4) is 0 Å². The molecule has 1 aromatic rings. The van der Waals surface area contributed by atoms with Crippen LogP contribution in [0, 0.1) is 10.1 Å². The molecule has 0 bridgehead atoms. The van der Waals surface area contributed by atoms with Gasteiger partial charge in [0.25, 0.3) is 5.69 Å². The highest BCUT2D eigenvalue weighted by Gasteiger charge is 2.08. The second kappa shape index (κ2) is 7.82. The van der Waals surface area contributed by atoms with Crippen molar-refractivity contribution in [2.75, 3.05) is 19.8 Å². The Labute approximate surface area is 118 Å². The Kier molecular flexibility index (Phi) is 6.40. The molecule has 0 aliphatic heterocycles. The fourth-order valence-corrected chi connectivity index (χ4v) is 1.92.